The van der Waals surface area contributed by atoms with Crippen LogP contribution in [0.5, 0.6) is 0 Å². The number of rotatable bonds is 2. The summed E-state index contributed by atoms with van der Waals surface area (Å²) in [5, 5.41) is 5.57. The van der Waals surface area contributed by atoms with Crippen LogP contribution in [0.25, 0.3) is 21.5 Å². The Morgan fingerprint density at radius 3 is 1.31 bits per heavy atom. The summed E-state index contributed by atoms with van der Waals surface area (Å²) in [5.41, 5.74) is 2.11. The van der Waals surface area contributed by atoms with Gasteiger partial charge in [-0.2, -0.15) is 0 Å². The molecule has 0 heterocycles. The molecule has 4 aromatic carbocycles. The van der Waals surface area contributed by atoms with E-state index in [1.54, 1.807) is 0 Å². The van der Waals surface area contributed by atoms with Gasteiger partial charge < -0.3 is 0 Å². The zero-order chi connectivity index (χ0) is 18.3. The van der Waals surface area contributed by atoms with Crippen LogP contribution in [0, 0.1) is 0 Å². The van der Waals surface area contributed by atoms with Gasteiger partial charge in [-0.3, -0.25) is 0 Å². The van der Waals surface area contributed by atoms with Gasteiger partial charge >= 0.3 is 178 Å². The van der Waals surface area contributed by atoms with Gasteiger partial charge in [0.05, 0.1) is 0 Å². The molecule has 0 radical (unpaired) electrons. The van der Waals surface area contributed by atoms with E-state index in [4.69, 9.17) is 40.2 Å². The van der Waals surface area contributed by atoms with Gasteiger partial charge in [-0.25, -0.2) is 0 Å². The second-order valence-corrected chi connectivity index (χ2v) is 14.9. The van der Waals surface area contributed by atoms with Crippen molar-refractivity contribution in [2.45, 2.75) is 0 Å². The van der Waals surface area contributed by atoms with Gasteiger partial charge in [0.15, 0.2) is 0 Å². The SMILES string of the molecule is Clc1ccc([C](c2ccc(Cl)c3ccccc23)=[Zr]([Cl])[Cl])c2ccccc12. The van der Waals surface area contributed by atoms with Crippen molar-refractivity contribution in [2.24, 2.45) is 0 Å². The average Bonchev–Trinajstić information content (AvgIpc) is 2.66. The molecule has 0 saturated carbocycles. The summed E-state index contributed by atoms with van der Waals surface area (Å²) >= 11 is 9.96. The zero-order valence-electron chi connectivity index (χ0n) is 13.4. The van der Waals surface area contributed by atoms with Crippen LogP contribution in [0.2, 0.25) is 10.0 Å². The van der Waals surface area contributed by atoms with Gasteiger partial charge in [-0.1, -0.05) is 0 Å². The van der Waals surface area contributed by atoms with E-state index in [2.05, 4.69) is 12.1 Å². The molecule has 128 valence electrons. The summed E-state index contributed by atoms with van der Waals surface area (Å²) in [4.78, 5) is 0. The molecule has 4 rings (SSSR count). The molecular formula is C21H12Cl4Zr. The van der Waals surface area contributed by atoms with Gasteiger partial charge in [0.25, 0.3) is 0 Å². The Labute approximate surface area is 176 Å². The molecular weight excluding hydrogens is 485 g/mol. The molecule has 0 bridgehead atoms. The third-order valence-electron chi connectivity index (χ3n) is 4.47. The predicted octanol–water partition coefficient (Wildman–Crippen LogP) is 7.79. The summed E-state index contributed by atoms with van der Waals surface area (Å²) in [7, 11) is 13.3. The number of halogens is 4. The summed E-state index contributed by atoms with van der Waals surface area (Å²) in [5.74, 6) is 0. The van der Waals surface area contributed by atoms with E-state index in [1.165, 1.54) is 0 Å². The van der Waals surface area contributed by atoms with Crippen molar-refractivity contribution >= 4 is 65.0 Å². The van der Waals surface area contributed by atoms with Crippen molar-refractivity contribution in [1.29, 1.82) is 0 Å². The van der Waals surface area contributed by atoms with Crippen molar-refractivity contribution in [3.63, 3.8) is 0 Å². The predicted molar refractivity (Wildman–Crippen MR) is 113 cm³/mol. The third kappa shape index (κ3) is 3.30. The van der Waals surface area contributed by atoms with E-state index in [9.17, 15) is 0 Å². The number of fused-ring (bicyclic) bond motifs is 2. The van der Waals surface area contributed by atoms with Crippen LogP contribution in [0.1, 0.15) is 11.1 Å². The molecule has 0 fully saturated rings. The summed E-state index contributed by atoms with van der Waals surface area (Å²) in [6.07, 6.45) is 0. The molecule has 0 aliphatic carbocycles. The van der Waals surface area contributed by atoms with Crippen LogP contribution in [0.15, 0.2) is 72.8 Å². The third-order valence-corrected chi connectivity index (χ3v) is 9.62. The molecule has 0 aliphatic rings. The second kappa shape index (κ2) is 7.74. The Morgan fingerprint density at radius 1 is 0.538 bits per heavy atom. The maximum absolute atomic E-state index is 6.65. The van der Waals surface area contributed by atoms with Gasteiger partial charge in [0, 0.05) is 0 Å². The molecule has 0 atom stereocenters. The maximum atomic E-state index is 6.65. The minimum absolute atomic E-state index is 0.721. The van der Waals surface area contributed by atoms with Crippen LogP contribution in [-0.4, -0.2) is 3.21 Å². The van der Waals surface area contributed by atoms with Gasteiger partial charge in [-0.15, -0.1) is 0 Å². The van der Waals surface area contributed by atoms with Crippen LogP contribution in [0.4, 0.5) is 0 Å². The van der Waals surface area contributed by atoms with E-state index in [0.717, 1.165) is 45.9 Å². The molecule has 5 heteroatoms. The summed E-state index contributed by atoms with van der Waals surface area (Å²) in [6.45, 7) is 0. The van der Waals surface area contributed by atoms with E-state index in [1.807, 2.05) is 60.7 Å². The van der Waals surface area contributed by atoms with Gasteiger partial charge in [0.1, 0.15) is 0 Å². The van der Waals surface area contributed by atoms with E-state index >= 15 is 0 Å². The fourth-order valence-electron chi connectivity index (χ4n) is 3.31. The molecule has 0 aromatic heterocycles. The van der Waals surface area contributed by atoms with Crippen LogP contribution < -0.4 is 0 Å². The van der Waals surface area contributed by atoms with E-state index < -0.39 is 18.9 Å². The molecule has 4 aromatic rings. The van der Waals surface area contributed by atoms with Crippen molar-refractivity contribution in [3.8, 4) is 0 Å². The Morgan fingerprint density at radius 2 is 0.923 bits per heavy atom. The first-order valence-corrected chi connectivity index (χ1v) is 16.3. The second-order valence-electron chi connectivity index (χ2n) is 5.92. The molecule has 0 N–H and O–H groups in total. The molecule has 0 saturated heterocycles. The van der Waals surface area contributed by atoms with Gasteiger partial charge in [0.2, 0.25) is 0 Å². The Bertz CT molecular complexity index is 1090. The van der Waals surface area contributed by atoms with Crippen LogP contribution >= 0.6 is 40.2 Å². The first kappa shape index (κ1) is 18.7. The molecule has 0 aliphatic heterocycles. The fourth-order valence-corrected chi connectivity index (χ4v) is 8.25. The Balaban J connectivity index is 2.09. The first-order valence-electron chi connectivity index (χ1n) is 7.98. The van der Waals surface area contributed by atoms with Crippen molar-refractivity contribution < 1.29 is 18.9 Å². The number of hydrogen-bond acceptors (Lipinski definition) is 0. The summed E-state index contributed by atoms with van der Waals surface area (Å²) < 4.78 is 1.04. The Kier molecular flexibility index (Phi) is 5.56. The molecule has 26 heavy (non-hydrogen) atoms. The van der Waals surface area contributed by atoms with Crippen LogP contribution in [0.3, 0.4) is 0 Å². The number of hydrogen-bond donors (Lipinski definition) is 0. The quantitative estimate of drug-likeness (QED) is 0.265. The minimum atomic E-state index is -2.84. The first-order chi connectivity index (χ1) is 12.6. The zero-order valence-corrected chi connectivity index (χ0v) is 18.9. The molecule has 0 spiro atoms. The van der Waals surface area contributed by atoms with Crippen molar-refractivity contribution in [1.82, 2.24) is 0 Å². The number of benzene rings is 4. The van der Waals surface area contributed by atoms with E-state index in [0.29, 0.717) is 0 Å². The normalized spacial score (nSPS) is 11.1. The van der Waals surface area contributed by atoms with Crippen molar-refractivity contribution in [2.75, 3.05) is 0 Å². The Hall–Kier alpha value is -0.687. The van der Waals surface area contributed by atoms with Crippen LogP contribution in [-0.2, 0) is 18.9 Å². The van der Waals surface area contributed by atoms with Crippen molar-refractivity contribution in [3.05, 3.63) is 94.0 Å². The average molecular weight is 497 g/mol. The topological polar surface area (TPSA) is 0 Å². The fraction of sp³-hybridized carbons (Fsp3) is 0. The molecule has 0 unspecified atom stereocenters. The van der Waals surface area contributed by atoms with E-state index in [-0.39, 0.29) is 0 Å². The molecule has 0 nitrogen and oxygen atoms in total. The standard InChI is InChI=1S/C21H12Cl2.2ClH.Zr/c22-20-11-9-14(16-5-1-3-7-18(16)20)13-15-10-12-21(23)19-8-4-2-6-17(15)19;;;/h1-12H;2*1H;/q;;;+2/p-2. The molecule has 0 amide bonds. The van der Waals surface area contributed by atoms with Gasteiger partial charge in [-0.05, 0) is 0 Å². The summed E-state index contributed by atoms with van der Waals surface area (Å²) in [6, 6.07) is 24.0. The monoisotopic (exact) mass is 494 g/mol.